The molecule has 0 aromatic heterocycles. The first-order valence-corrected chi connectivity index (χ1v) is 9.54. The van der Waals surface area contributed by atoms with Gasteiger partial charge in [-0.1, -0.05) is 19.1 Å². The summed E-state index contributed by atoms with van der Waals surface area (Å²) in [5.74, 6) is -0.714. The third-order valence-electron chi connectivity index (χ3n) is 6.04. The molecule has 4 atom stereocenters. The lowest BCUT2D eigenvalue weighted by Crippen LogP contribution is -3.13. The van der Waals surface area contributed by atoms with Crippen molar-refractivity contribution in [3.05, 3.63) is 41.5 Å². The zero-order valence-electron chi connectivity index (χ0n) is 16.2. The molecule has 0 spiro atoms. The van der Waals surface area contributed by atoms with Crippen molar-refractivity contribution in [2.45, 2.75) is 19.3 Å². The fraction of sp³-hybridized carbons (Fsp3) is 0.455. The van der Waals surface area contributed by atoms with Crippen LogP contribution in [0.15, 0.2) is 35.9 Å². The molecule has 0 amide bonds. The van der Waals surface area contributed by atoms with Crippen molar-refractivity contribution in [2.75, 3.05) is 26.7 Å². The fourth-order valence-corrected chi connectivity index (χ4v) is 4.71. The van der Waals surface area contributed by atoms with Crippen molar-refractivity contribution in [3.8, 4) is 24.0 Å². The molecule has 1 aromatic carbocycles. The van der Waals surface area contributed by atoms with Crippen LogP contribution in [0, 0.1) is 56.7 Å². The number of fused-ring (bicyclic) bond motifs is 1. The van der Waals surface area contributed by atoms with Gasteiger partial charge in [0, 0.05) is 11.8 Å². The second kappa shape index (κ2) is 7.85. The second-order valence-corrected chi connectivity index (χ2v) is 7.48. The molecule has 2 unspecified atom stereocenters. The Balaban J connectivity index is 2.18. The molecule has 28 heavy (non-hydrogen) atoms. The van der Waals surface area contributed by atoms with Crippen molar-refractivity contribution in [2.24, 2.45) is 17.3 Å². The Kier molecular flexibility index (Phi) is 5.50. The van der Waals surface area contributed by atoms with Gasteiger partial charge in [0.1, 0.15) is 11.7 Å². The van der Waals surface area contributed by atoms with Gasteiger partial charge >= 0.3 is 0 Å². The molecule has 0 bridgehead atoms. The lowest BCUT2D eigenvalue weighted by Gasteiger charge is -2.46. The Labute approximate surface area is 165 Å². The summed E-state index contributed by atoms with van der Waals surface area (Å²) in [6.07, 6.45) is 3.11. The van der Waals surface area contributed by atoms with Gasteiger partial charge in [-0.15, -0.1) is 0 Å². The molecular formula is C22H24N5O+. The van der Waals surface area contributed by atoms with E-state index < -0.39 is 17.3 Å². The highest BCUT2D eigenvalue weighted by molar-refractivity contribution is 6.00. The summed E-state index contributed by atoms with van der Waals surface area (Å²) in [7, 11) is 1.59. The van der Waals surface area contributed by atoms with Gasteiger partial charge in [-0.25, -0.2) is 0 Å². The zero-order valence-corrected chi connectivity index (χ0v) is 16.2. The number of ether oxygens (including phenoxy) is 1. The van der Waals surface area contributed by atoms with Crippen LogP contribution >= 0.6 is 0 Å². The molecule has 2 aliphatic rings. The maximum atomic E-state index is 10.0. The molecule has 6 heteroatoms. The SMILES string of the molecule is CCC[NH+]1CC=C2C(C#N)C(=N)C(C#N)(C#N)[C@@H](c3ccc(OC)cc3)[C@@H]2C1. The number of nitriles is 3. The van der Waals surface area contributed by atoms with E-state index >= 15 is 0 Å². The molecule has 0 saturated heterocycles. The van der Waals surface area contributed by atoms with E-state index in [2.05, 4.69) is 31.2 Å². The first-order valence-electron chi connectivity index (χ1n) is 9.54. The van der Waals surface area contributed by atoms with Gasteiger partial charge in [0.05, 0.1) is 50.7 Å². The monoisotopic (exact) mass is 374 g/mol. The van der Waals surface area contributed by atoms with Crippen LogP contribution < -0.4 is 9.64 Å². The van der Waals surface area contributed by atoms with E-state index in [1.165, 1.54) is 4.90 Å². The molecule has 1 aromatic rings. The third-order valence-corrected chi connectivity index (χ3v) is 6.04. The van der Waals surface area contributed by atoms with E-state index in [9.17, 15) is 15.8 Å². The fourth-order valence-electron chi connectivity index (χ4n) is 4.71. The minimum absolute atomic E-state index is 0.0951. The molecule has 1 aliphatic carbocycles. The zero-order chi connectivity index (χ0) is 20.3. The van der Waals surface area contributed by atoms with Crippen LogP contribution in [0.2, 0.25) is 0 Å². The standard InChI is InChI=1S/C22H23N5O/c1-3-9-27-10-8-17-18(11-23)21(26)22(13-24,14-25)20(19(17)12-27)15-4-6-16(28-2)7-5-15/h4-8,18-20,26H,3,9-10,12H2,1-2H3/p+1/t18?,19-,20+/m1/s1. The first-order chi connectivity index (χ1) is 13.6. The predicted molar refractivity (Wildman–Crippen MR) is 104 cm³/mol. The molecule has 1 aliphatic heterocycles. The summed E-state index contributed by atoms with van der Waals surface area (Å²) < 4.78 is 5.24. The summed E-state index contributed by atoms with van der Waals surface area (Å²) in [6, 6.07) is 13.8. The number of quaternary nitrogens is 1. The van der Waals surface area contributed by atoms with E-state index in [1.54, 1.807) is 7.11 Å². The molecule has 0 radical (unpaired) electrons. The molecule has 1 saturated carbocycles. The van der Waals surface area contributed by atoms with Crippen molar-refractivity contribution in [1.82, 2.24) is 0 Å². The quantitative estimate of drug-likeness (QED) is 0.784. The number of nitrogens with one attached hydrogen (secondary N) is 2. The third kappa shape index (κ3) is 2.95. The average molecular weight is 374 g/mol. The molecule has 2 N–H and O–H groups in total. The average Bonchev–Trinajstić information content (AvgIpc) is 2.73. The Bertz CT molecular complexity index is 898. The normalized spacial score (nSPS) is 28.1. The number of methoxy groups -OCH3 is 1. The van der Waals surface area contributed by atoms with Gasteiger partial charge in [0.25, 0.3) is 0 Å². The highest BCUT2D eigenvalue weighted by atomic mass is 16.5. The van der Waals surface area contributed by atoms with Gasteiger partial charge in [0.2, 0.25) is 0 Å². The molecule has 1 fully saturated rings. The first kappa shape index (κ1) is 19.6. The Morgan fingerprint density at radius 3 is 2.43 bits per heavy atom. The van der Waals surface area contributed by atoms with Gasteiger partial charge in [-0.3, -0.25) is 0 Å². The van der Waals surface area contributed by atoms with Crippen LogP contribution in [-0.2, 0) is 0 Å². The summed E-state index contributed by atoms with van der Waals surface area (Å²) >= 11 is 0. The van der Waals surface area contributed by atoms with Crippen LogP contribution in [0.3, 0.4) is 0 Å². The number of rotatable bonds is 4. The molecule has 6 nitrogen and oxygen atoms in total. The highest BCUT2D eigenvalue weighted by Gasteiger charge is 2.58. The smallest absolute Gasteiger partial charge is 0.189 e. The van der Waals surface area contributed by atoms with E-state index in [0.29, 0.717) is 5.75 Å². The summed E-state index contributed by atoms with van der Waals surface area (Å²) in [6.45, 7) is 4.70. The van der Waals surface area contributed by atoms with Crippen LogP contribution in [0.1, 0.15) is 24.8 Å². The maximum Gasteiger partial charge on any atom is 0.189 e. The van der Waals surface area contributed by atoms with Crippen molar-refractivity contribution in [1.29, 1.82) is 21.2 Å². The molecule has 142 valence electrons. The van der Waals surface area contributed by atoms with E-state index in [4.69, 9.17) is 10.1 Å². The van der Waals surface area contributed by atoms with Gasteiger partial charge < -0.3 is 15.0 Å². The lowest BCUT2D eigenvalue weighted by molar-refractivity contribution is -0.899. The van der Waals surface area contributed by atoms with Gasteiger partial charge in [-0.05, 0) is 35.8 Å². The maximum absolute atomic E-state index is 10.0. The van der Waals surface area contributed by atoms with E-state index in [0.717, 1.165) is 37.2 Å². The largest absolute Gasteiger partial charge is 0.497 e. The number of hydrogen-bond acceptors (Lipinski definition) is 5. The van der Waals surface area contributed by atoms with Gasteiger partial charge in [0.15, 0.2) is 5.41 Å². The Hall–Kier alpha value is -3.14. The number of nitrogens with zero attached hydrogens (tertiary/aromatic N) is 3. The summed E-state index contributed by atoms with van der Waals surface area (Å²) in [5.41, 5.74) is -0.0127. The van der Waals surface area contributed by atoms with E-state index in [1.807, 2.05) is 24.3 Å². The Morgan fingerprint density at radius 2 is 1.89 bits per heavy atom. The van der Waals surface area contributed by atoms with Crippen LogP contribution in [-0.4, -0.2) is 32.5 Å². The summed E-state index contributed by atoms with van der Waals surface area (Å²) in [5, 5.41) is 38.5. The van der Waals surface area contributed by atoms with E-state index in [-0.39, 0.29) is 11.6 Å². The predicted octanol–water partition coefficient (Wildman–Crippen LogP) is 1.84. The van der Waals surface area contributed by atoms with Crippen molar-refractivity contribution in [3.63, 3.8) is 0 Å². The molecule has 1 heterocycles. The second-order valence-electron chi connectivity index (χ2n) is 7.48. The minimum Gasteiger partial charge on any atom is -0.497 e. The lowest BCUT2D eigenvalue weighted by atomic mass is 9.54. The minimum atomic E-state index is -1.65. The van der Waals surface area contributed by atoms with Crippen molar-refractivity contribution >= 4 is 5.71 Å². The van der Waals surface area contributed by atoms with Crippen molar-refractivity contribution < 1.29 is 9.64 Å². The molecule has 3 rings (SSSR count). The Morgan fingerprint density at radius 1 is 1.21 bits per heavy atom. The highest BCUT2D eigenvalue weighted by Crippen LogP contribution is 2.52. The topological polar surface area (TPSA) is 109 Å². The van der Waals surface area contributed by atoms with Gasteiger partial charge in [-0.2, -0.15) is 15.8 Å². The molecular weight excluding hydrogens is 350 g/mol. The van der Waals surface area contributed by atoms with Crippen LogP contribution in [0.5, 0.6) is 5.75 Å². The van der Waals surface area contributed by atoms with Crippen LogP contribution in [0.25, 0.3) is 0 Å². The number of benzene rings is 1. The summed E-state index contributed by atoms with van der Waals surface area (Å²) in [4.78, 5) is 1.38. The number of hydrogen-bond donors (Lipinski definition) is 2. The van der Waals surface area contributed by atoms with Crippen LogP contribution in [0.4, 0.5) is 0 Å².